The van der Waals surface area contributed by atoms with Crippen LogP contribution in [0.5, 0.6) is 5.75 Å². The second-order valence-corrected chi connectivity index (χ2v) is 6.89. The van der Waals surface area contributed by atoms with Crippen molar-refractivity contribution in [2.45, 2.75) is 13.0 Å². The number of aromatic amines is 1. The van der Waals surface area contributed by atoms with Crippen LogP contribution in [0.4, 0.5) is 0 Å². The summed E-state index contributed by atoms with van der Waals surface area (Å²) in [5.74, 6) is -0.295. The quantitative estimate of drug-likeness (QED) is 0.350. The zero-order valence-electron chi connectivity index (χ0n) is 16.5. The van der Waals surface area contributed by atoms with Crippen LogP contribution in [0.25, 0.3) is 22.2 Å². The van der Waals surface area contributed by atoms with E-state index < -0.39 is 12.1 Å². The van der Waals surface area contributed by atoms with Crippen molar-refractivity contribution < 1.29 is 19.1 Å². The van der Waals surface area contributed by atoms with Crippen LogP contribution in [0.3, 0.4) is 0 Å². The van der Waals surface area contributed by atoms with Gasteiger partial charge in [0, 0.05) is 10.9 Å². The number of nitrogens with one attached hydrogen (secondary N) is 1. The molecule has 3 aromatic carbocycles. The van der Waals surface area contributed by atoms with E-state index in [1.165, 1.54) is 0 Å². The maximum atomic E-state index is 13.1. The fourth-order valence-corrected chi connectivity index (χ4v) is 3.33. The predicted octanol–water partition coefficient (Wildman–Crippen LogP) is 5.03. The van der Waals surface area contributed by atoms with E-state index >= 15 is 0 Å². The van der Waals surface area contributed by atoms with Crippen LogP contribution in [0.15, 0.2) is 84.9 Å². The van der Waals surface area contributed by atoms with Crippen LogP contribution in [0, 0.1) is 0 Å². The highest BCUT2D eigenvalue weighted by Gasteiger charge is 2.23. The third kappa shape index (κ3) is 4.10. The van der Waals surface area contributed by atoms with Crippen molar-refractivity contribution in [2.75, 3.05) is 6.61 Å². The molecule has 0 aliphatic heterocycles. The number of carbonyl (C=O) groups excluding carboxylic acids is 2. The molecule has 0 saturated heterocycles. The number of fused-ring (bicyclic) bond motifs is 1. The highest BCUT2D eigenvalue weighted by atomic mass is 16.6. The summed E-state index contributed by atoms with van der Waals surface area (Å²) in [6, 6.07) is 26.2. The smallest absolute Gasteiger partial charge is 0.347 e. The number of Topliss-reactive ketones (excluding diaryl/α,β-unsaturated/α-hetero) is 1. The number of hydrogen-bond donors (Lipinski definition) is 1. The fraction of sp³-hybridized carbons (Fsp3) is 0.120. The van der Waals surface area contributed by atoms with Gasteiger partial charge in [0.1, 0.15) is 5.75 Å². The number of esters is 1. The molecule has 0 aliphatic carbocycles. The molecule has 150 valence electrons. The summed E-state index contributed by atoms with van der Waals surface area (Å²) in [6.07, 6.45) is -0.822. The molecule has 30 heavy (non-hydrogen) atoms. The van der Waals surface area contributed by atoms with Gasteiger partial charge in [0.15, 0.2) is 12.7 Å². The molecular formula is C25H21NO4. The summed E-state index contributed by atoms with van der Waals surface area (Å²) < 4.78 is 10.8. The number of para-hydroxylation sites is 2. The minimum atomic E-state index is -0.822. The topological polar surface area (TPSA) is 68.4 Å². The summed E-state index contributed by atoms with van der Waals surface area (Å²) in [6.45, 7) is 1.24. The summed E-state index contributed by atoms with van der Waals surface area (Å²) >= 11 is 0. The Hall–Kier alpha value is -3.86. The second kappa shape index (κ2) is 8.66. The normalized spacial score (nSPS) is 11.8. The van der Waals surface area contributed by atoms with E-state index in [2.05, 4.69) is 4.98 Å². The van der Waals surface area contributed by atoms with Crippen LogP contribution < -0.4 is 4.74 Å². The molecule has 4 rings (SSSR count). The number of benzene rings is 3. The van der Waals surface area contributed by atoms with Crippen molar-refractivity contribution in [1.82, 2.24) is 4.98 Å². The Morgan fingerprint density at radius 1 is 0.867 bits per heavy atom. The zero-order valence-corrected chi connectivity index (χ0v) is 16.5. The highest BCUT2D eigenvalue weighted by molar-refractivity contribution is 6.14. The lowest BCUT2D eigenvalue weighted by atomic mass is 10.0. The van der Waals surface area contributed by atoms with E-state index in [1.807, 2.05) is 72.8 Å². The molecule has 0 fully saturated rings. The highest BCUT2D eigenvalue weighted by Crippen LogP contribution is 2.30. The monoisotopic (exact) mass is 399 g/mol. The first-order valence-corrected chi connectivity index (χ1v) is 9.71. The Morgan fingerprint density at radius 2 is 1.50 bits per heavy atom. The Kier molecular flexibility index (Phi) is 5.61. The van der Waals surface area contributed by atoms with E-state index in [4.69, 9.17) is 9.47 Å². The third-order valence-electron chi connectivity index (χ3n) is 4.78. The lowest BCUT2D eigenvalue weighted by molar-refractivity contribution is -0.149. The van der Waals surface area contributed by atoms with Gasteiger partial charge in [-0.3, -0.25) is 4.79 Å². The molecule has 0 radical (unpaired) electrons. The maximum Gasteiger partial charge on any atom is 0.347 e. The lowest BCUT2D eigenvalue weighted by Crippen LogP contribution is -2.28. The molecular weight excluding hydrogens is 378 g/mol. The average Bonchev–Trinajstić information content (AvgIpc) is 3.18. The number of ether oxygens (including phenoxy) is 2. The van der Waals surface area contributed by atoms with Crippen molar-refractivity contribution in [3.8, 4) is 17.0 Å². The van der Waals surface area contributed by atoms with Crippen molar-refractivity contribution in [3.63, 3.8) is 0 Å². The van der Waals surface area contributed by atoms with Gasteiger partial charge in [-0.05, 0) is 30.7 Å². The van der Waals surface area contributed by atoms with E-state index in [9.17, 15) is 9.59 Å². The molecule has 5 nitrogen and oxygen atoms in total. The minimum Gasteiger partial charge on any atom is -0.479 e. The van der Waals surface area contributed by atoms with Gasteiger partial charge in [0.05, 0.1) is 11.3 Å². The Labute approximate surface area is 174 Å². The summed E-state index contributed by atoms with van der Waals surface area (Å²) in [4.78, 5) is 28.7. The molecule has 1 N–H and O–H groups in total. The van der Waals surface area contributed by atoms with Crippen LogP contribution in [0.2, 0.25) is 0 Å². The van der Waals surface area contributed by atoms with Gasteiger partial charge >= 0.3 is 5.97 Å². The zero-order chi connectivity index (χ0) is 20.9. The number of ketones is 1. The number of carbonyl (C=O) groups is 2. The third-order valence-corrected chi connectivity index (χ3v) is 4.78. The van der Waals surface area contributed by atoms with Gasteiger partial charge in [-0.25, -0.2) is 4.79 Å². The first-order chi connectivity index (χ1) is 14.6. The lowest BCUT2D eigenvalue weighted by Gasteiger charge is -2.13. The van der Waals surface area contributed by atoms with Crippen molar-refractivity contribution in [1.29, 1.82) is 0 Å². The number of rotatable bonds is 7. The largest absolute Gasteiger partial charge is 0.479 e. The molecule has 1 atom stereocenters. The van der Waals surface area contributed by atoms with Gasteiger partial charge in [-0.2, -0.15) is 0 Å². The second-order valence-electron chi connectivity index (χ2n) is 6.89. The van der Waals surface area contributed by atoms with Crippen LogP contribution in [-0.2, 0) is 9.53 Å². The number of hydrogen-bond acceptors (Lipinski definition) is 4. The molecule has 0 amide bonds. The molecule has 0 aliphatic rings. The first kappa shape index (κ1) is 19.5. The van der Waals surface area contributed by atoms with Crippen LogP contribution >= 0.6 is 0 Å². The van der Waals surface area contributed by atoms with Crippen molar-refractivity contribution >= 4 is 22.7 Å². The van der Waals surface area contributed by atoms with E-state index in [0.717, 1.165) is 16.5 Å². The van der Waals surface area contributed by atoms with Crippen molar-refractivity contribution in [3.05, 3.63) is 90.5 Å². The molecule has 0 bridgehead atoms. The summed E-state index contributed by atoms with van der Waals surface area (Å²) in [7, 11) is 0. The van der Waals surface area contributed by atoms with Crippen LogP contribution in [-0.4, -0.2) is 29.4 Å². The SMILES string of the molecule is C[C@H](Oc1ccccc1)C(=O)OCC(=O)c1c(-c2ccccc2)[nH]c2ccccc12. The van der Waals surface area contributed by atoms with Gasteiger partial charge in [-0.15, -0.1) is 0 Å². The summed E-state index contributed by atoms with van der Waals surface area (Å²) in [5.41, 5.74) is 2.98. The molecule has 4 aromatic rings. The van der Waals surface area contributed by atoms with Crippen molar-refractivity contribution in [2.24, 2.45) is 0 Å². The first-order valence-electron chi connectivity index (χ1n) is 9.71. The van der Waals surface area contributed by atoms with Gasteiger partial charge in [0.2, 0.25) is 5.78 Å². The van der Waals surface area contributed by atoms with Gasteiger partial charge in [0.25, 0.3) is 0 Å². The molecule has 0 saturated carbocycles. The molecule has 1 heterocycles. The molecule has 0 unspecified atom stereocenters. The van der Waals surface area contributed by atoms with E-state index in [0.29, 0.717) is 17.0 Å². The minimum absolute atomic E-state index is 0.272. The molecule has 5 heteroatoms. The number of aromatic nitrogens is 1. The molecule has 0 spiro atoms. The van der Waals surface area contributed by atoms with Gasteiger partial charge in [-0.1, -0.05) is 66.7 Å². The Bertz CT molecular complexity index is 1170. The standard InChI is InChI=1S/C25H21NO4/c1-17(30-19-12-6-3-7-13-19)25(28)29-16-22(27)23-20-14-8-9-15-21(20)26-24(23)18-10-4-2-5-11-18/h2-15,17,26H,16H2,1H3/t17-/m0/s1. The van der Waals surface area contributed by atoms with E-state index in [1.54, 1.807) is 19.1 Å². The molecule has 1 aromatic heterocycles. The van der Waals surface area contributed by atoms with Crippen LogP contribution in [0.1, 0.15) is 17.3 Å². The predicted molar refractivity (Wildman–Crippen MR) is 116 cm³/mol. The van der Waals surface area contributed by atoms with Gasteiger partial charge < -0.3 is 14.5 Å². The number of H-pyrrole nitrogens is 1. The Morgan fingerprint density at radius 3 is 2.23 bits per heavy atom. The maximum absolute atomic E-state index is 13.1. The average molecular weight is 399 g/mol. The fourth-order valence-electron chi connectivity index (χ4n) is 3.33. The Balaban J connectivity index is 1.53. The summed E-state index contributed by atoms with van der Waals surface area (Å²) in [5, 5.41) is 0.797. The van der Waals surface area contributed by atoms with E-state index in [-0.39, 0.29) is 12.4 Å².